The molecule has 0 bridgehead atoms. The molecule has 1 aromatic rings. The fourth-order valence-corrected chi connectivity index (χ4v) is 1.73. The maximum Gasteiger partial charge on any atom is 0.193 e. The summed E-state index contributed by atoms with van der Waals surface area (Å²) >= 11 is 0. The normalized spacial score (nSPS) is 11.6. The first-order valence-electron chi connectivity index (χ1n) is 5.26. The molecule has 0 heterocycles. The molecular weight excluding hydrogens is 202 g/mol. The van der Waals surface area contributed by atoms with Crippen LogP contribution in [-0.4, -0.2) is 26.7 Å². The van der Waals surface area contributed by atoms with Crippen molar-refractivity contribution in [2.45, 2.75) is 27.1 Å². The number of ether oxygens (including phenoxy) is 2. The largest absolute Gasteiger partial charge is 0.351 e. The van der Waals surface area contributed by atoms with Crippen LogP contribution in [0.15, 0.2) is 17.1 Å². The number of nitrogens with zero attached hydrogens (tertiary/aromatic N) is 1. The number of hydrogen-bond acceptors (Lipinski definition) is 3. The Morgan fingerprint density at radius 3 is 2.00 bits per heavy atom. The molecule has 0 saturated heterocycles. The topological polar surface area (TPSA) is 30.8 Å². The Morgan fingerprint density at radius 1 is 1.06 bits per heavy atom. The Labute approximate surface area is 97.1 Å². The molecule has 1 aromatic carbocycles. The number of benzene rings is 1. The van der Waals surface area contributed by atoms with Crippen LogP contribution in [-0.2, 0) is 9.47 Å². The predicted octanol–water partition coefficient (Wildman–Crippen LogP) is 2.93. The fourth-order valence-electron chi connectivity index (χ4n) is 1.73. The number of rotatable bonds is 4. The summed E-state index contributed by atoms with van der Waals surface area (Å²) in [7, 11) is 3.18. The highest BCUT2D eigenvalue weighted by atomic mass is 16.7. The summed E-state index contributed by atoms with van der Waals surface area (Å²) in [6.45, 7) is 6.20. The molecule has 0 aliphatic carbocycles. The monoisotopic (exact) mass is 221 g/mol. The van der Waals surface area contributed by atoms with Crippen molar-refractivity contribution in [3.05, 3.63) is 28.8 Å². The van der Waals surface area contributed by atoms with Gasteiger partial charge in [-0.1, -0.05) is 17.7 Å². The van der Waals surface area contributed by atoms with Gasteiger partial charge in [0.2, 0.25) is 0 Å². The van der Waals surface area contributed by atoms with E-state index in [2.05, 4.69) is 37.9 Å². The molecule has 3 heteroatoms. The van der Waals surface area contributed by atoms with Gasteiger partial charge in [-0.25, -0.2) is 0 Å². The number of aliphatic imine (C=N–C) groups is 1. The van der Waals surface area contributed by atoms with E-state index < -0.39 is 0 Å². The van der Waals surface area contributed by atoms with E-state index in [1.54, 1.807) is 20.4 Å². The highest BCUT2D eigenvalue weighted by Gasteiger charge is 2.04. The van der Waals surface area contributed by atoms with Gasteiger partial charge in [0.25, 0.3) is 0 Å². The van der Waals surface area contributed by atoms with Gasteiger partial charge >= 0.3 is 0 Å². The van der Waals surface area contributed by atoms with Crippen molar-refractivity contribution in [3.8, 4) is 0 Å². The van der Waals surface area contributed by atoms with Crippen molar-refractivity contribution < 1.29 is 9.47 Å². The Morgan fingerprint density at radius 2 is 1.56 bits per heavy atom. The van der Waals surface area contributed by atoms with Gasteiger partial charge in [0.15, 0.2) is 6.29 Å². The van der Waals surface area contributed by atoms with Crippen LogP contribution >= 0.6 is 0 Å². The molecule has 1 rings (SSSR count). The lowest BCUT2D eigenvalue weighted by molar-refractivity contribution is -0.0483. The molecule has 0 fully saturated rings. The lowest BCUT2D eigenvalue weighted by Gasteiger charge is -2.09. The molecule has 0 spiro atoms. The third kappa shape index (κ3) is 3.15. The average molecular weight is 221 g/mol. The standard InChI is InChI=1S/C13H19NO2/c1-9-6-10(2)13(11(3)7-9)14-8-12(15-4)16-5/h6-8,12H,1-5H3. The van der Waals surface area contributed by atoms with Gasteiger partial charge in [-0.3, -0.25) is 4.99 Å². The van der Waals surface area contributed by atoms with E-state index in [0.717, 1.165) is 5.69 Å². The first-order valence-corrected chi connectivity index (χ1v) is 5.26. The maximum atomic E-state index is 5.05. The Balaban J connectivity index is 2.97. The predicted molar refractivity (Wildman–Crippen MR) is 66.6 cm³/mol. The molecule has 0 aliphatic rings. The van der Waals surface area contributed by atoms with Gasteiger partial charge in [-0.05, 0) is 31.9 Å². The molecule has 0 radical (unpaired) electrons. The van der Waals surface area contributed by atoms with Crippen LogP contribution in [0.3, 0.4) is 0 Å². The first-order chi connectivity index (χ1) is 7.58. The van der Waals surface area contributed by atoms with E-state index >= 15 is 0 Å². The summed E-state index contributed by atoms with van der Waals surface area (Å²) in [5.41, 5.74) is 4.58. The van der Waals surface area contributed by atoms with Crippen molar-refractivity contribution in [2.24, 2.45) is 4.99 Å². The van der Waals surface area contributed by atoms with Gasteiger partial charge in [-0.15, -0.1) is 0 Å². The van der Waals surface area contributed by atoms with Gasteiger partial charge in [-0.2, -0.15) is 0 Å². The molecule has 0 aliphatic heterocycles. The highest BCUT2D eigenvalue weighted by molar-refractivity contribution is 5.69. The lowest BCUT2D eigenvalue weighted by atomic mass is 10.1. The lowest BCUT2D eigenvalue weighted by Crippen LogP contribution is -2.13. The summed E-state index contributed by atoms with van der Waals surface area (Å²) < 4.78 is 10.1. The Hall–Kier alpha value is -1.19. The van der Waals surface area contributed by atoms with Crippen molar-refractivity contribution in [3.63, 3.8) is 0 Å². The Kier molecular flexibility index (Phi) is 4.65. The van der Waals surface area contributed by atoms with Gasteiger partial charge in [0.1, 0.15) is 0 Å². The number of methoxy groups -OCH3 is 2. The van der Waals surface area contributed by atoms with Crippen LogP contribution in [0.1, 0.15) is 16.7 Å². The Bertz CT molecular complexity index is 359. The molecule has 0 unspecified atom stereocenters. The number of hydrogen-bond donors (Lipinski definition) is 0. The fraction of sp³-hybridized carbons (Fsp3) is 0.462. The van der Waals surface area contributed by atoms with Crippen molar-refractivity contribution in [1.29, 1.82) is 0 Å². The minimum Gasteiger partial charge on any atom is -0.351 e. The van der Waals surface area contributed by atoms with Crippen LogP contribution in [0.4, 0.5) is 5.69 Å². The van der Waals surface area contributed by atoms with Crippen molar-refractivity contribution in [2.75, 3.05) is 14.2 Å². The van der Waals surface area contributed by atoms with Crippen LogP contribution < -0.4 is 0 Å². The molecule has 0 saturated carbocycles. The summed E-state index contributed by atoms with van der Waals surface area (Å²) in [5, 5.41) is 0. The zero-order valence-corrected chi connectivity index (χ0v) is 10.6. The van der Waals surface area contributed by atoms with E-state index in [4.69, 9.17) is 9.47 Å². The first kappa shape index (κ1) is 12.9. The van der Waals surface area contributed by atoms with E-state index in [1.807, 2.05) is 0 Å². The molecule has 88 valence electrons. The van der Waals surface area contributed by atoms with Gasteiger partial charge in [0, 0.05) is 14.2 Å². The van der Waals surface area contributed by atoms with E-state index in [1.165, 1.54) is 16.7 Å². The van der Waals surface area contributed by atoms with Crippen LogP contribution in [0, 0.1) is 20.8 Å². The highest BCUT2D eigenvalue weighted by Crippen LogP contribution is 2.24. The molecule has 0 amide bonds. The average Bonchev–Trinajstić information content (AvgIpc) is 2.22. The second kappa shape index (κ2) is 5.77. The second-order valence-electron chi connectivity index (χ2n) is 3.87. The second-order valence-corrected chi connectivity index (χ2v) is 3.87. The molecule has 0 N–H and O–H groups in total. The van der Waals surface area contributed by atoms with E-state index in [9.17, 15) is 0 Å². The van der Waals surface area contributed by atoms with Crippen molar-refractivity contribution in [1.82, 2.24) is 0 Å². The van der Waals surface area contributed by atoms with Crippen LogP contribution in [0.5, 0.6) is 0 Å². The van der Waals surface area contributed by atoms with E-state index in [-0.39, 0.29) is 6.29 Å². The summed E-state index contributed by atoms with van der Waals surface area (Å²) in [6, 6.07) is 4.24. The van der Waals surface area contributed by atoms with Gasteiger partial charge in [0.05, 0.1) is 11.9 Å². The summed E-state index contributed by atoms with van der Waals surface area (Å²) in [5.74, 6) is 0. The quantitative estimate of drug-likeness (QED) is 0.578. The van der Waals surface area contributed by atoms with E-state index in [0.29, 0.717) is 0 Å². The summed E-state index contributed by atoms with van der Waals surface area (Å²) in [6.07, 6.45) is 1.28. The SMILES string of the molecule is COC(C=Nc1c(C)cc(C)cc1C)OC. The maximum absolute atomic E-state index is 5.05. The van der Waals surface area contributed by atoms with Crippen LogP contribution in [0.2, 0.25) is 0 Å². The minimum atomic E-state index is -0.389. The van der Waals surface area contributed by atoms with Crippen molar-refractivity contribution >= 4 is 11.9 Å². The van der Waals surface area contributed by atoms with Gasteiger partial charge < -0.3 is 9.47 Å². The molecular formula is C13H19NO2. The molecule has 0 atom stereocenters. The zero-order valence-electron chi connectivity index (χ0n) is 10.6. The van der Waals surface area contributed by atoms with Crippen LogP contribution in [0.25, 0.3) is 0 Å². The summed E-state index contributed by atoms with van der Waals surface area (Å²) in [4.78, 5) is 4.41. The minimum absolute atomic E-state index is 0.389. The number of aryl methyl sites for hydroxylation is 3. The molecule has 0 aromatic heterocycles. The zero-order chi connectivity index (χ0) is 12.1. The third-order valence-corrected chi connectivity index (χ3v) is 2.43. The smallest absolute Gasteiger partial charge is 0.193 e. The third-order valence-electron chi connectivity index (χ3n) is 2.43. The molecule has 16 heavy (non-hydrogen) atoms. The molecule has 3 nitrogen and oxygen atoms in total.